The molecule has 0 nitrogen and oxygen atoms in total. The number of hydrogen-bond donors (Lipinski definition) is 0. The Kier molecular flexibility index (Phi) is 6.42. The van der Waals surface area contributed by atoms with Crippen LogP contribution in [0.25, 0.3) is 11.1 Å². The summed E-state index contributed by atoms with van der Waals surface area (Å²) in [5.41, 5.74) is 8.52. The van der Waals surface area contributed by atoms with Crippen molar-refractivity contribution in [2.75, 3.05) is 0 Å². The van der Waals surface area contributed by atoms with Crippen LogP contribution in [0.3, 0.4) is 0 Å². The second kappa shape index (κ2) is 9.41. The van der Waals surface area contributed by atoms with Crippen molar-refractivity contribution in [2.24, 2.45) is 5.41 Å². The van der Waals surface area contributed by atoms with Crippen LogP contribution in [0.4, 0.5) is 0 Å². The normalized spacial score (nSPS) is 17.2. The molecule has 4 aromatic rings. The summed E-state index contributed by atoms with van der Waals surface area (Å²) in [6, 6.07) is 38.7. The topological polar surface area (TPSA) is 0 Å². The van der Waals surface area contributed by atoms with E-state index in [0.717, 1.165) is 14.3 Å². The first kappa shape index (κ1) is 25.9. The molecule has 0 aliphatic heterocycles. The quantitative estimate of drug-likeness (QED) is 0.215. The van der Waals surface area contributed by atoms with E-state index in [1.54, 1.807) is 0 Å². The van der Waals surface area contributed by atoms with Crippen molar-refractivity contribution in [2.45, 2.75) is 28.0 Å². The van der Waals surface area contributed by atoms with Gasteiger partial charge < -0.3 is 0 Å². The van der Waals surface area contributed by atoms with Crippen molar-refractivity contribution in [3.05, 3.63) is 155 Å². The van der Waals surface area contributed by atoms with Crippen molar-refractivity contribution in [1.29, 1.82) is 0 Å². The number of hydrogen-bond acceptors (Lipinski definition) is 0. The molecule has 1 unspecified atom stereocenters. The zero-order valence-corrected chi connectivity index (χ0v) is 26.0. The van der Waals surface area contributed by atoms with Crippen molar-refractivity contribution >= 4 is 20.2 Å². The van der Waals surface area contributed by atoms with E-state index in [1.165, 1.54) is 27.8 Å². The second-order valence-corrected chi connectivity index (χ2v) is 32.4. The molecule has 0 fully saturated rings. The molecule has 190 valence electrons. The van der Waals surface area contributed by atoms with E-state index >= 15 is 0 Å². The van der Waals surface area contributed by atoms with Gasteiger partial charge in [-0.05, 0) is 0 Å². The Morgan fingerprint density at radius 3 is 1.53 bits per heavy atom. The molecule has 0 aromatic heterocycles. The van der Waals surface area contributed by atoms with Crippen LogP contribution < -0.4 is 0 Å². The minimum absolute atomic E-state index is 0.00720. The Labute approximate surface area is 234 Å². The van der Waals surface area contributed by atoms with Gasteiger partial charge in [0.15, 0.2) is 0 Å². The summed E-state index contributed by atoms with van der Waals surface area (Å²) in [5.74, 6) is 0. The van der Waals surface area contributed by atoms with Gasteiger partial charge in [0.05, 0.1) is 0 Å². The van der Waals surface area contributed by atoms with Gasteiger partial charge in [-0.2, -0.15) is 0 Å². The summed E-state index contributed by atoms with van der Waals surface area (Å²) in [4.78, 5) is 0. The van der Waals surface area contributed by atoms with Gasteiger partial charge in [-0.3, -0.25) is 0 Å². The van der Waals surface area contributed by atoms with Crippen molar-refractivity contribution in [3.8, 4) is 11.1 Å². The van der Waals surface area contributed by atoms with Crippen molar-refractivity contribution in [1.82, 2.24) is 0 Å². The van der Waals surface area contributed by atoms with E-state index in [2.05, 4.69) is 148 Å². The van der Waals surface area contributed by atoms with E-state index in [9.17, 15) is 0 Å². The molecule has 4 aromatic carbocycles. The number of halogens is 2. The fourth-order valence-corrected chi connectivity index (χ4v) is 25.8. The summed E-state index contributed by atoms with van der Waals surface area (Å²) in [7, 11) is 17.1. The fourth-order valence-electron chi connectivity index (χ4n) is 6.50. The first-order valence-electron chi connectivity index (χ1n) is 13.3. The molecule has 0 N–H and O–H groups in total. The molecule has 2 aliphatic rings. The van der Waals surface area contributed by atoms with Crippen LogP contribution in [-0.4, -0.2) is 3.21 Å². The van der Waals surface area contributed by atoms with E-state index in [-0.39, 0.29) is 12.7 Å². The first-order chi connectivity index (χ1) is 18.2. The average Bonchev–Trinajstić information content (AvgIpc) is 3.55. The van der Waals surface area contributed by atoms with Crippen molar-refractivity contribution in [3.63, 3.8) is 0 Å². The van der Waals surface area contributed by atoms with Crippen LogP contribution in [0, 0.1) is 5.41 Å². The van der Waals surface area contributed by atoms with Crippen molar-refractivity contribution < 1.29 is 15.9 Å². The molecule has 0 radical (unpaired) electrons. The molecule has 38 heavy (non-hydrogen) atoms. The van der Waals surface area contributed by atoms with E-state index in [1.807, 2.05) is 0 Å². The van der Waals surface area contributed by atoms with Crippen LogP contribution in [0.1, 0.15) is 46.7 Å². The fraction of sp³-hybridized carbons (Fsp3) is 0.171. The summed E-state index contributed by atoms with van der Waals surface area (Å²) in [5, 5.41) is 0. The monoisotopic (exact) mass is 612 g/mol. The molecule has 3 heteroatoms. The minimum atomic E-state index is -5.25. The van der Waals surface area contributed by atoms with Gasteiger partial charge in [0.1, 0.15) is 0 Å². The van der Waals surface area contributed by atoms with Gasteiger partial charge in [-0.1, -0.05) is 0 Å². The summed E-state index contributed by atoms with van der Waals surface area (Å²) in [6.45, 7) is 6.78. The van der Waals surface area contributed by atoms with Gasteiger partial charge >= 0.3 is 236 Å². The van der Waals surface area contributed by atoms with Gasteiger partial charge in [0, 0.05) is 0 Å². The number of fused-ring (bicyclic) bond motifs is 3. The molecule has 6 rings (SSSR count). The van der Waals surface area contributed by atoms with Crippen LogP contribution in [0.2, 0.25) is 3.63 Å². The number of benzene rings is 4. The van der Waals surface area contributed by atoms with Crippen LogP contribution in [-0.2, 0) is 15.9 Å². The Bertz CT molecular complexity index is 1560. The standard InChI is InChI=1S/C13H9.C13H10.C9H13.2ClH.Zr/c1-3-7-12-10(5-1)9-11-6-2-4-8-13(11)12;1-3-7-12(8-4-1)11-13-9-5-2-6-10-13;1-9(2,3)8-6-4-5-7-8;;;/h1-9H;1-10H;4-7H,1-3H3;2*1H;/q;;;;;+2/p-2. The molecule has 2 aliphatic carbocycles. The summed E-state index contributed by atoms with van der Waals surface area (Å²) >= 11 is -5.25. The molecule has 0 spiro atoms. The zero-order chi connectivity index (χ0) is 26.6. The molecular formula is C35H32Cl2Zr. The van der Waals surface area contributed by atoms with Gasteiger partial charge in [0.2, 0.25) is 0 Å². The van der Waals surface area contributed by atoms with Crippen LogP contribution in [0.15, 0.2) is 133 Å². The third kappa shape index (κ3) is 4.02. The SMILES string of the molecule is CC(C)(C)C1=C[CH]([Zr]([Cl])([Cl])(=[C](c2ccccc2)c2ccccc2)[CH]2c3ccccc3-c3ccccc32)C=C1. The Hall–Kier alpha value is -2.31. The molecular weight excluding hydrogens is 583 g/mol. The van der Waals surface area contributed by atoms with Crippen LogP contribution in [0.5, 0.6) is 0 Å². The molecule has 0 amide bonds. The summed E-state index contributed by atoms with van der Waals surface area (Å²) < 4.78 is 0.981. The van der Waals surface area contributed by atoms with E-state index < -0.39 is 15.9 Å². The summed E-state index contributed by atoms with van der Waals surface area (Å²) in [6.07, 6.45) is 6.96. The number of rotatable bonds is 4. The third-order valence-corrected chi connectivity index (χ3v) is 27.9. The first-order valence-corrected chi connectivity index (χ1v) is 23.7. The maximum absolute atomic E-state index is 8.56. The molecule has 1 atom stereocenters. The molecule has 0 saturated carbocycles. The number of allylic oxidation sites excluding steroid dienone is 4. The Morgan fingerprint density at radius 1 is 0.632 bits per heavy atom. The van der Waals surface area contributed by atoms with Gasteiger partial charge in [-0.25, -0.2) is 0 Å². The average molecular weight is 615 g/mol. The Balaban J connectivity index is 1.82. The molecule has 0 saturated heterocycles. The molecule has 0 bridgehead atoms. The van der Waals surface area contributed by atoms with E-state index in [4.69, 9.17) is 17.0 Å². The van der Waals surface area contributed by atoms with Gasteiger partial charge in [0.25, 0.3) is 0 Å². The molecule has 0 heterocycles. The predicted molar refractivity (Wildman–Crippen MR) is 162 cm³/mol. The second-order valence-electron chi connectivity index (χ2n) is 11.6. The van der Waals surface area contributed by atoms with Crippen LogP contribution >= 0.6 is 17.0 Å². The van der Waals surface area contributed by atoms with Gasteiger partial charge in [-0.15, -0.1) is 0 Å². The third-order valence-electron chi connectivity index (χ3n) is 8.28. The maximum atomic E-state index is 8.56. The zero-order valence-electron chi connectivity index (χ0n) is 22.0. The Morgan fingerprint density at radius 2 is 1.08 bits per heavy atom. The van der Waals surface area contributed by atoms with E-state index in [0.29, 0.717) is 0 Å². The predicted octanol–water partition coefficient (Wildman–Crippen LogP) is 10.4.